The molecule has 0 aromatic carbocycles. The van der Waals surface area contributed by atoms with Crippen LogP contribution in [0.15, 0.2) is 0 Å². The average Bonchev–Trinajstić information content (AvgIpc) is 1.61. The molecule has 0 amide bonds. The second kappa shape index (κ2) is 4.47. The summed E-state index contributed by atoms with van der Waals surface area (Å²) >= 11 is 4.01. The molecule has 0 bridgehead atoms. The second-order valence-electron chi connectivity index (χ2n) is 1.47. The van der Waals surface area contributed by atoms with E-state index >= 15 is 0 Å². The van der Waals surface area contributed by atoms with Crippen LogP contribution < -0.4 is 0 Å². The van der Waals surface area contributed by atoms with Crippen molar-refractivity contribution in [2.75, 3.05) is 6.61 Å². The molecule has 0 rings (SSSR count). The minimum atomic E-state index is 0.0972. The van der Waals surface area contributed by atoms with E-state index in [1.165, 1.54) is 0 Å². The lowest BCUT2D eigenvalue weighted by atomic mass is 10.5. The van der Waals surface area contributed by atoms with Gasteiger partial charge >= 0.3 is 0 Å². The van der Waals surface area contributed by atoms with Crippen LogP contribution in [0.5, 0.6) is 0 Å². The van der Waals surface area contributed by atoms with E-state index in [2.05, 4.69) is 19.6 Å². The minimum Gasteiger partial charge on any atom is -0.368 e. The molecule has 0 aliphatic rings. The van der Waals surface area contributed by atoms with Crippen molar-refractivity contribution in [1.82, 2.24) is 0 Å². The molecule has 0 aliphatic carbocycles. The van der Waals surface area contributed by atoms with Gasteiger partial charge in [-0.2, -0.15) is 0 Å². The maximum Gasteiger partial charge on any atom is 0.0971 e. The molecule has 0 aliphatic heterocycles. The first-order chi connectivity index (χ1) is 3.27. The predicted octanol–water partition coefficient (Wildman–Crippen LogP) is 1.69. The Labute approximate surface area is 50.5 Å². The van der Waals surface area contributed by atoms with E-state index in [0.717, 1.165) is 13.0 Å². The first kappa shape index (κ1) is 7.31. The van der Waals surface area contributed by atoms with Gasteiger partial charge in [-0.1, -0.05) is 6.92 Å². The molecular formula is C5H12OS. The summed E-state index contributed by atoms with van der Waals surface area (Å²) in [5.74, 6) is 0. The fraction of sp³-hybridized carbons (Fsp3) is 1.00. The van der Waals surface area contributed by atoms with Gasteiger partial charge in [0.2, 0.25) is 0 Å². The van der Waals surface area contributed by atoms with Crippen molar-refractivity contribution < 1.29 is 4.74 Å². The summed E-state index contributed by atoms with van der Waals surface area (Å²) in [6, 6.07) is 0. The Hall–Kier alpha value is 0.310. The first-order valence-corrected chi connectivity index (χ1v) is 3.08. The average molecular weight is 120 g/mol. The van der Waals surface area contributed by atoms with Crippen LogP contribution in [-0.4, -0.2) is 12.0 Å². The lowest BCUT2D eigenvalue weighted by Crippen LogP contribution is -1.99. The molecular weight excluding hydrogens is 108 g/mol. The van der Waals surface area contributed by atoms with Gasteiger partial charge in [0, 0.05) is 6.61 Å². The van der Waals surface area contributed by atoms with Crippen LogP contribution in [0.4, 0.5) is 0 Å². The number of hydrogen-bond donors (Lipinski definition) is 1. The molecule has 0 radical (unpaired) electrons. The minimum absolute atomic E-state index is 0.0972. The van der Waals surface area contributed by atoms with Crippen molar-refractivity contribution in [2.45, 2.75) is 25.7 Å². The van der Waals surface area contributed by atoms with E-state index in [-0.39, 0.29) is 5.44 Å². The summed E-state index contributed by atoms with van der Waals surface area (Å²) in [5.41, 5.74) is 0.0972. The number of thiol groups is 1. The first-order valence-electron chi connectivity index (χ1n) is 2.57. The molecule has 0 aromatic rings. The van der Waals surface area contributed by atoms with Gasteiger partial charge in [0.25, 0.3) is 0 Å². The molecule has 1 atom stereocenters. The topological polar surface area (TPSA) is 9.23 Å². The normalized spacial score (nSPS) is 14.1. The van der Waals surface area contributed by atoms with Crippen molar-refractivity contribution in [1.29, 1.82) is 0 Å². The highest BCUT2D eigenvalue weighted by Gasteiger charge is 1.87. The highest BCUT2D eigenvalue weighted by Crippen LogP contribution is 1.94. The SMILES string of the molecule is CCCOC(C)S. The summed E-state index contributed by atoms with van der Waals surface area (Å²) in [4.78, 5) is 0. The molecule has 0 spiro atoms. The Kier molecular flexibility index (Phi) is 4.67. The largest absolute Gasteiger partial charge is 0.368 e. The van der Waals surface area contributed by atoms with Gasteiger partial charge in [-0.15, -0.1) is 12.6 Å². The maximum atomic E-state index is 5.06. The van der Waals surface area contributed by atoms with E-state index < -0.39 is 0 Å². The van der Waals surface area contributed by atoms with Crippen LogP contribution in [0.1, 0.15) is 20.3 Å². The highest BCUT2D eigenvalue weighted by atomic mass is 32.1. The Morgan fingerprint density at radius 2 is 2.29 bits per heavy atom. The zero-order valence-electron chi connectivity index (χ0n) is 4.85. The lowest BCUT2D eigenvalue weighted by molar-refractivity contribution is 0.126. The van der Waals surface area contributed by atoms with Gasteiger partial charge in [0.15, 0.2) is 0 Å². The third-order valence-electron chi connectivity index (χ3n) is 0.563. The Morgan fingerprint density at radius 1 is 1.71 bits per heavy atom. The Balaban J connectivity index is 2.68. The molecule has 1 unspecified atom stereocenters. The standard InChI is InChI=1S/C5H12OS/c1-3-4-6-5(2)7/h5,7H,3-4H2,1-2H3. The maximum absolute atomic E-state index is 5.06. The van der Waals surface area contributed by atoms with E-state index in [4.69, 9.17) is 4.74 Å². The van der Waals surface area contributed by atoms with Gasteiger partial charge in [-0.3, -0.25) is 0 Å². The molecule has 0 aromatic heterocycles. The lowest BCUT2D eigenvalue weighted by Gasteiger charge is -2.02. The van der Waals surface area contributed by atoms with Crippen LogP contribution in [0, 0.1) is 0 Å². The van der Waals surface area contributed by atoms with Crippen molar-refractivity contribution in [3.63, 3.8) is 0 Å². The fourth-order valence-corrected chi connectivity index (χ4v) is 0.394. The summed E-state index contributed by atoms with van der Waals surface area (Å²) in [6.45, 7) is 4.82. The zero-order chi connectivity index (χ0) is 5.70. The van der Waals surface area contributed by atoms with Crippen molar-refractivity contribution in [3.8, 4) is 0 Å². The second-order valence-corrected chi connectivity index (χ2v) is 2.20. The molecule has 7 heavy (non-hydrogen) atoms. The highest BCUT2D eigenvalue weighted by molar-refractivity contribution is 7.80. The van der Waals surface area contributed by atoms with Crippen LogP contribution in [0.2, 0.25) is 0 Å². The van der Waals surface area contributed by atoms with E-state index in [9.17, 15) is 0 Å². The predicted molar refractivity (Wildman–Crippen MR) is 34.7 cm³/mol. The Morgan fingerprint density at radius 3 is 2.43 bits per heavy atom. The molecule has 0 heterocycles. The number of rotatable bonds is 3. The summed E-state index contributed by atoms with van der Waals surface area (Å²) < 4.78 is 5.06. The van der Waals surface area contributed by atoms with E-state index in [1.54, 1.807) is 0 Å². The van der Waals surface area contributed by atoms with Crippen LogP contribution in [0.3, 0.4) is 0 Å². The molecule has 0 saturated carbocycles. The van der Waals surface area contributed by atoms with Gasteiger partial charge in [0.05, 0.1) is 5.44 Å². The quantitative estimate of drug-likeness (QED) is 0.440. The van der Waals surface area contributed by atoms with E-state index in [1.807, 2.05) is 6.92 Å². The molecule has 44 valence electrons. The molecule has 0 saturated heterocycles. The summed E-state index contributed by atoms with van der Waals surface area (Å²) in [5, 5.41) is 0. The van der Waals surface area contributed by atoms with Crippen LogP contribution in [0.25, 0.3) is 0 Å². The number of ether oxygens (including phenoxy) is 1. The molecule has 0 fully saturated rings. The number of hydrogen-bond acceptors (Lipinski definition) is 2. The van der Waals surface area contributed by atoms with Crippen molar-refractivity contribution >= 4 is 12.6 Å². The van der Waals surface area contributed by atoms with Crippen LogP contribution in [-0.2, 0) is 4.74 Å². The van der Waals surface area contributed by atoms with E-state index in [0.29, 0.717) is 0 Å². The zero-order valence-corrected chi connectivity index (χ0v) is 5.74. The van der Waals surface area contributed by atoms with Crippen LogP contribution >= 0.6 is 12.6 Å². The van der Waals surface area contributed by atoms with Crippen molar-refractivity contribution in [2.24, 2.45) is 0 Å². The fourth-order valence-electron chi connectivity index (χ4n) is 0.288. The van der Waals surface area contributed by atoms with Gasteiger partial charge < -0.3 is 4.74 Å². The smallest absolute Gasteiger partial charge is 0.0971 e. The third-order valence-corrected chi connectivity index (χ3v) is 0.712. The van der Waals surface area contributed by atoms with Gasteiger partial charge in [-0.05, 0) is 13.3 Å². The summed E-state index contributed by atoms with van der Waals surface area (Å²) in [6.07, 6.45) is 1.07. The third kappa shape index (κ3) is 6.31. The van der Waals surface area contributed by atoms with Gasteiger partial charge in [-0.25, -0.2) is 0 Å². The Bertz CT molecular complexity index is 37.1. The van der Waals surface area contributed by atoms with Gasteiger partial charge in [0.1, 0.15) is 0 Å². The monoisotopic (exact) mass is 120 g/mol. The molecule has 0 N–H and O–H groups in total. The van der Waals surface area contributed by atoms with Crippen molar-refractivity contribution in [3.05, 3.63) is 0 Å². The molecule has 1 nitrogen and oxygen atoms in total. The molecule has 2 heteroatoms. The summed E-state index contributed by atoms with van der Waals surface area (Å²) in [7, 11) is 0.